The Morgan fingerprint density at radius 1 is 0.971 bits per heavy atom. The SMILES string of the molecule is N#Cc1cccc(F)c1Oc1cccc2c1C(=O)N(Cc1ccc(-c3ccccc3Cl)cc1)C2. The number of carbonyl (C=O) groups is 1. The molecule has 0 saturated carbocycles. The van der Waals surface area contributed by atoms with Crippen molar-refractivity contribution in [3.8, 4) is 28.7 Å². The van der Waals surface area contributed by atoms with Gasteiger partial charge in [0, 0.05) is 23.7 Å². The number of hydrogen-bond acceptors (Lipinski definition) is 3. The molecule has 0 spiro atoms. The van der Waals surface area contributed by atoms with Gasteiger partial charge in [0.2, 0.25) is 0 Å². The molecular weight excluding hydrogens is 451 g/mol. The third-order valence-corrected chi connectivity index (χ3v) is 6.12. The van der Waals surface area contributed by atoms with E-state index in [0.717, 1.165) is 22.3 Å². The average Bonchev–Trinajstić information content (AvgIpc) is 3.17. The largest absolute Gasteiger partial charge is 0.452 e. The Bertz CT molecular complexity index is 1440. The molecule has 166 valence electrons. The van der Waals surface area contributed by atoms with Crippen LogP contribution in [0.2, 0.25) is 5.02 Å². The molecule has 34 heavy (non-hydrogen) atoms. The molecule has 0 N–H and O–H groups in total. The quantitative estimate of drug-likeness (QED) is 0.318. The van der Waals surface area contributed by atoms with Crippen molar-refractivity contribution in [3.05, 3.63) is 118 Å². The van der Waals surface area contributed by atoms with Gasteiger partial charge >= 0.3 is 0 Å². The van der Waals surface area contributed by atoms with Gasteiger partial charge in [-0.05, 0) is 41.0 Å². The van der Waals surface area contributed by atoms with Crippen LogP contribution in [-0.4, -0.2) is 10.8 Å². The van der Waals surface area contributed by atoms with Gasteiger partial charge in [-0.25, -0.2) is 4.39 Å². The minimum atomic E-state index is -0.655. The van der Waals surface area contributed by atoms with Crippen molar-refractivity contribution >= 4 is 17.5 Å². The number of rotatable bonds is 5. The maximum Gasteiger partial charge on any atom is 0.258 e. The maximum atomic E-state index is 14.3. The van der Waals surface area contributed by atoms with Crippen LogP contribution in [0, 0.1) is 17.1 Å². The van der Waals surface area contributed by atoms with Gasteiger partial charge in [0.1, 0.15) is 11.8 Å². The Morgan fingerprint density at radius 3 is 2.50 bits per heavy atom. The summed E-state index contributed by atoms with van der Waals surface area (Å²) in [6, 6.07) is 26.9. The van der Waals surface area contributed by atoms with E-state index in [2.05, 4.69) is 0 Å². The lowest BCUT2D eigenvalue weighted by Crippen LogP contribution is -2.23. The lowest BCUT2D eigenvalue weighted by Gasteiger charge is -2.16. The van der Waals surface area contributed by atoms with Crippen molar-refractivity contribution in [1.29, 1.82) is 5.26 Å². The fourth-order valence-electron chi connectivity index (χ4n) is 4.12. The van der Waals surface area contributed by atoms with Crippen molar-refractivity contribution in [2.75, 3.05) is 0 Å². The number of hydrogen-bond donors (Lipinski definition) is 0. The van der Waals surface area contributed by atoms with E-state index < -0.39 is 5.82 Å². The first-order valence-corrected chi connectivity index (χ1v) is 11.0. The van der Waals surface area contributed by atoms with Gasteiger partial charge in [0.05, 0.1) is 11.1 Å². The van der Waals surface area contributed by atoms with Gasteiger partial charge in [0.15, 0.2) is 11.6 Å². The molecule has 0 aromatic heterocycles. The van der Waals surface area contributed by atoms with Crippen LogP contribution in [-0.2, 0) is 13.1 Å². The fourth-order valence-corrected chi connectivity index (χ4v) is 4.36. The molecule has 0 unspecified atom stereocenters. The molecule has 6 heteroatoms. The van der Waals surface area contributed by atoms with Gasteiger partial charge in [-0.15, -0.1) is 0 Å². The molecule has 0 saturated heterocycles. The van der Waals surface area contributed by atoms with Crippen LogP contribution in [0.15, 0.2) is 84.9 Å². The summed E-state index contributed by atoms with van der Waals surface area (Å²) in [5, 5.41) is 9.98. The molecule has 1 aliphatic rings. The van der Waals surface area contributed by atoms with Gasteiger partial charge in [0.25, 0.3) is 5.91 Å². The van der Waals surface area contributed by atoms with Crippen molar-refractivity contribution in [2.45, 2.75) is 13.1 Å². The lowest BCUT2D eigenvalue weighted by molar-refractivity contribution is 0.0765. The Hall–Kier alpha value is -4.14. The van der Waals surface area contributed by atoms with E-state index in [1.54, 1.807) is 17.0 Å². The Kier molecular flexibility index (Phi) is 5.75. The van der Waals surface area contributed by atoms with E-state index in [-0.39, 0.29) is 23.0 Å². The lowest BCUT2D eigenvalue weighted by atomic mass is 10.0. The van der Waals surface area contributed by atoms with Crippen molar-refractivity contribution in [2.24, 2.45) is 0 Å². The van der Waals surface area contributed by atoms with E-state index in [1.165, 1.54) is 18.2 Å². The summed E-state index contributed by atoms with van der Waals surface area (Å²) >= 11 is 6.30. The molecule has 0 bridgehead atoms. The smallest absolute Gasteiger partial charge is 0.258 e. The van der Waals surface area contributed by atoms with Crippen molar-refractivity contribution in [1.82, 2.24) is 4.90 Å². The zero-order valence-electron chi connectivity index (χ0n) is 18.0. The van der Waals surface area contributed by atoms with Gasteiger partial charge in [-0.2, -0.15) is 5.26 Å². The number of para-hydroxylation sites is 1. The van der Waals surface area contributed by atoms with E-state index >= 15 is 0 Å². The molecule has 0 radical (unpaired) electrons. The highest BCUT2D eigenvalue weighted by atomic mass is 35.5. The highest BCUT2D eigenvalue weighted by molar-refractivity contribution is 6.33. The number of fused-ring (bicyclic) bond motifs is 1. The maximum absolute atomic E-state index is 14.3. The Balaban J connectivity index is 1.38. The van der Waals surface area contributed by atoms with Crippen LogP contribution in [0.5, 0.6) is 11.5 Å². The van der Waals surface area contributed by atoms with Crippen LogP contribution in [0.1, 0.15) is 27.0 Å². The minimum absolute atomic E-state index is 0.0681. The average molecular weight is 469 g/mol. The van der Waals surface area contributed by atoms with Crippen LogP contribution in [0.3, 0.4) is 0 Å². The van der Waals surface area contributed by atoms with Crippen molar-refractivity contribution < 1.29 is 13.9 Å². The summed E-state index contributed by atoms with van der Waals surface area (Å²) in [4.78, 5) is 15.0. The Morgan fingerprint density at radius 2 is 1.74 bits per heavy atom. The number of ether oxygens (including phenoxy) is 1. The number of benzene rings is 4. The molecule has 4 aromatic carbocycles. The number of carbonyl (C=O) groups excluding carboxylic acids is 1. The predicted octanol–water partition coefficient (Wildman–Crippen LogP) is 6.97. The molecule has 0 fully saturated rings. The molecule has 1 heterocycles. The number of nitriles is 1. The normalized spacial score (nSPS) is 12.4. The summed E-state index contributed by atoms with van der Waals surface area (Å²) in [5.74, 6) is -0.798. The summed E-state index contributed by atoms with van der Waals surface area (Å²) in [6.45, 7) is 0.832. The van der Waals surface area contributed by atoms with Crippen LogP contribution in [0.4, 0.5) is 4.39 Å². The zero-order valence-corrected chi connectivity index (χ0v) is 18.7. The third-order valence-electron chi connectivity index (χ3n) is 5.79. The standard InChI is InChI=1S/C28H18ClFN2O2/c29-23-8-2-1-7-22(23)19-13-11-18(12-14-19)16-32-17-21-6-4-10-25(26(21)28(32)33)34-27-20(15-31)5-3-9-24(27)30/h1-14H,16-17H2. The first kappa shape index (κ1) is 21.7. The van der Waals surface area contributed by atoms with E-state index in [1.807, 2.05) is 60.7 Å². The highest BCUT2D eigenvalue weighted by Gasteiger charge is 2.31. The van der Waals surface area contributed by atoms with E-state index in [9.17, 15) is 14.4 Å². The Labute approximate surface area is 201 Å². The summed E-state index contributed by atoms with van der Waals surface area (Å²) in [5.41, 5.74) is 4.18. The topological polar surface area (TPSA) is 53.3 Å². The molecular formula is C28H18ClFN2O2. The second kappa shape index (κ2) is 9.01. The molecule has 4 nitrogen and oxygen atoms in total. The monoisotopic (exact) mass is 468 g/mol. The summed E-state index contributed by atoms with van der Waals surface area (Å²) in [6.07, 6.45) is 0. The molecule has 1 aliphatic heterocycles. The minimum Gasteiger partial charge on any atom is -0.452 e. The van der Waals surface area contributed by atoms with Crippen LogP contribution < -0.4 is 4.74 Å². The molecule has 5 rings (SSSR count). The first-order chi connectivity index (χ1) is 16.5. The highest BCUT2D eigenvalue weighted by Crippen LogP contribution is 2.36. The zero-order chi connectivity index (χ0) is 23.7. The van der Waals surface area contributed by atoms with Gasteiger partial charge in [-0.3, -0.25) is 4.79 Å². The molecule has 1 amide bonds. The summed E-state index contributed by atoms with van der Waals surface area (Å²) < 4.78 is 20.1. The number of nitrogens with zero attached hydrogens (tertiary/aromatic N) is 2. The number of amides is 1. The third kappa shape index (κ3) is 4.00. The number of halogens is 2. The van der Waals surface area contributed by atoms with E-state index in [4.69, 9.17) is 16.3 Å². The molecule has 4 aromatic rings. The van der Waals surface area contributed by atoms with Crippen LogP contribution in [0.25, 0.3) is 11.1 Å². The van der Waals surface area contributed by atoms with Gasteiger partial charge < -0.3 is 9.64 Å². The van der Waals surface area contributed by atoms with E-state index in [0.29, 0.717) is 23.7 Å². The second-order valence-corrected chi connectivity index (χ2v) is 8.37. The van der Waals surface area contributed by atoms with Crippen molar-refractivity contribution in [3.63, 3.8) is 0 Å². The fraction of sp³-hybridized carbons (Fsp3) is 0.0714. The molecule has 0 aliphatic carbocycles. The van der Waals surface area contributed by atoms with Crippen LogP contribution >= 0.6 is 11.6 Å². The molecule has 0 atom stereocenters. The second-order valence-electron chi connectivity index (χ2n) is 7.96. The summed E-state index contributed by atoms with van der Waals surface area (Å²) in [7, 11) is 0. The van der Waals surface area contributed by atoms with Gasteiger partial charge in [-0.1, -0.05) is 72.3 Å². The first-order valence-electron chi connectivity index (χ1n) is 10.7. The predicted molar refractivity (Wildman–Crippen MR) is 128 cm³/mol.